The molecular formula is C16H27N5O2S. The van der Waals surface area contributed by atoms with Gasteiger partial charge in [-0.25, -0.2) is 0 Å². The first kappa shape index (κ1) is 18.8. The Kier molecular flexibility index (Phi) is 6.65. The summed E-state index contributed by atoms with van der Waals surface area (Å²) < 4.78 is 2.00. The van der Waals surface area contributed by atoms with Crippen molar-refractivity contribution >= 4 is 23.6 Å². The van der Waals surface area contributed by atoms with Crippen LogP contribution in [-0.2, 0) is 22.7 Å². The van der Waals surface area contributed by atoms with Crippen molar-refractivity contribution in [2.24, 2.45) is 0 Å². The van der Waals surface area contributed by atoms with Gasteiger partial charge in [-0.15, -0.1) is 10.2 Å². The molecule has 0 aliphatic carbocycles. The van der Waals surface area contributed by atoms with Crippen molar-refractivity contribution in [3.05, 3.63) is 5.82 Å². The molecule has 0 spiro atoms. The number of likely N-dealkylation sites (tertiary alicyclic amines) is 1. The number of carbonyl (C=O) groups excluding carboxylic acids is 2. The minimum atomic E-state index is -0.220. The molecule has 0 saturated carbocycles. The van der Waals surface area contributed by atoms with E-state index in [0.717, 1.165) is 43.3 Å². The van der Waals surface area contributed by atoms with Crippen LogP contribution < -0.4 is 0 Å². The zero-order chi connectivity index (χ0) is 17.7. The lowest BCUT2D eigenvalue weighted by Gasteiger charge is -2.20. The Morgan fingerprint density at radius 1 is 1.29 bits per heavy atom. The SMILES string of the molecule is CCn1c(CN2CCCCCC2=O)nnc1S[C@@H](C)C(=O)N(C)C. The fraction of sp³-hybridized carbons (Fsp3) is 0.750. The fourth-order valence-electron chi connectivity index (χ4n) is 2.79. The molecule has 8 heteroatoms. The molecule has 2 rings (SSSR count). The molecule has 1 atom stereocenters. The van der Waals surface area contributed by atoms with Gasteiger partial charge in [-0.3, -0.25) is 9.59 Å². The van der Waals surface area contributed by atoms with Gasteiger partial charge in [0, 0.05) is 33.6 Å². The van der Waals surface area contributed by atoms with Crippen molar-refractivity contribution in [1.29, 1.82) is 0 Å². The van der Waals surface area contributed by atoms with E-state index in [1.54, 1.807) is 19.0 Å². The molecule has 1 fully saturated rings. The van der Waals surface area contributed by atoms with E-state index in [4.69, 9.17) is 0 Å². The molecule has 1 aromatic rings. The van der Waals surface area contributed by atoms with Gasteiger partial charge in [0.2, 0.25) is 11.8 Å². The molecule has 0 aromatic carbocycles. The molecule has 2 amide bonds. The number of hydrogen-bond donors (Lipinski definition) is 0. The van der Waals surface area contributed by atoms with Crippen LogP contribution in [0.25, 0.3) is 0 Å². The second kappa shape index (κ2) is 8.50. The number of rotatable bonds is 6. The summed E-state index contributed by atoms with van der Waals surface area (Å²) in [5, 5.41) is 9.04. The van der Waals surface area contributed by atoms with E-state index in [0.29, 0.717) is 13.0 Å². The molecule has 1 aliphatic heterocycles. The zero-order valence-electron chi connectivity index (χ0n) is 15.0. The number of hydrogen-bond acceptors (Lipinski definition) is 5. The maximum Gasteiger partial charge on any atom is 0.235 e. The first-order chi connectivity index (χ1) is 11.4. The molecule has 1 aliphatic rings. The maximum absolute atomic E-state index is 12.2. The smallest absolute Gasteiger partial charge is 0.235 e. The molecule has 7 nitrogen and oxygen atoms in total. The predicted molar refractivity (Wildman–Crippen MR) is 93.6 cm³/mol. The van der Waals surface area contributed by atoms with E-state index in [9.17, 15) is 9.59 Å². The average molecular weight is 353 g/mol. The lowest BCUT2D eigenvalue weighted by atomic mass is 10.2. The van der Waals surface area contributed by atoms with E-state index < -0.39 is 0 Å². The van der Waals surface area contributed by atoms with Crippen LogP contribution in [-0.4, -0.2) is 62.3 Å². The van der Waals surface area contributed by atoms with Gasteiger partial charge >= 0.3 is 0 Å². The van der Waals surface area contributed by atoms with Crippen LogP contribution in [0, 0.1) is 0 Å². The van der Waals surface area contributed by atoms with E-state index in [1.807, 2.05) is 23.3 Å². The van der Waals surface area contributed by atoms with Gasteiger partial charge in [0.1, 0.15) is 0 Å². The highest BCUT2D eigenvalue weighted by Crippen LogP contribution is 2.24. The lowest BCUT2D eigenvalue weighted by molar-refractivity contribution is -0.131. The Bertz CT molecular complexity index is 587. The Morgan fingerprint density at radius 2 is 2.04 bits per heavy atom. The van der Waals surface area contributed by atoms with Crippen LogP contribution in [0.1, 0.15) is 45.4 Å². The number of thioether (sulfide) groups is 1. The molecular weight excluding hydrogens is 326 g/mol. The Morgan fingerprint density at radius 3 is 2.71 bits per heavy atom. The molecule has 1 aromatic heterocycles. The molecule has 0 radical (unpaired) electrons. The van der Waals surface area contributed by atoms with Gasteiger partial charge < -0.3 is 14.4 Å². The highest BCUT2D eigenvalue weighted by Gasteiger charge is 2.23. The Labute approximate surface area is 147 Å². The van der Waals surface area contributed by atoms with Crippen molar-refractivity contribution in [1.82, 2.24) is 24.6 Å². The Balaban J connectivity index is 2.11. The number of carbonyl (C=O) groups is 2. The molecule has 0 N–H and O–H groups in total. The average Bonchev–Trinajstić information content (AvgIpc) is 2.81. The monoisotopic (exact) mass is 353 g/mol. The molecule has 0 bridgehead atoms. The summed E-state index contributed by atoms with van der Waals surface area (Å²) in [5.74, 6) is 1.04. The van der Waals surface area contributed by atoms with Crippen LogP contribution in [0.3, 0.4) is 0 Å². The third-order valence-electron chi connectivity index (χ3n) is 4.18. The van der Waals surface area contributed by atoms with Crippen LogP contribution >= 0.6 is 11.8 Å². The summed E-state index contributed by atoms with van der Waals surface area (Å²) in [6.07, 6.45) is 3.74. The predicted octanol–water partition coefficient (Wildman–Crippen LogP) is 1.77. The number of aromatic nitrogens is 3. The van der Waals surface area contributed by atoms with Crippen LogP contribution in [0.5, 0.6) is 0 Å². The second-order valence-corrected chi connectivity index (χ2v) is 7.57. The fourth-order valence-corrected chi connectivity index (χ4v) is 3.87. The normalized spacial score (nSPS) is 16.8. The van der Waals surface area contributed by atoms with Crippen molar-refractivity contribution in [2.45, 2.75) is 63.0 Å². The topological polar surface area (TPSA) is 71.3 Å². The molecule has 134 valence electrons. The highest BCUT2D eigenvalue weighted by atomic mass is 32.2. The largest absolute Gasteiger partial charge is 0.348 e. The van der Waals surface area contributed by atoms with Crippen molar-refractivity contribution < 1.29 is 9.59 Å². The maximum atomic E-state index is 12.2. The van der Waals surface area contributed by atoms with Crippen LogP contribution in [0.4, 0.5) is 0 Å². The summed E-state index contributed by atoms with van der Waals surface area (Å²) in [7, 11) is 3.50. The molecule has 24 heavy (non-hydrogen) atoms. The van der Waals surface area contributed by atoms with Gasteiger partial charge in [0.05, 0.1) is 11.8 Å². The van der Waals surface area contributed by atoms with Gasteiger partial charge in [-0.2, -0.15) is 0 Å². The first-order valence-corrected chi connectivity index (χ1v) is 9.39. The molecule has 0 unspecified atom stereocenters. The van der Waals surface area contributed by atoms with Crippen molar-refractivity contribution in [3.63, 3.8) is 0 Å². The van der Waals surface area contributed by atoms with Crippen molar-refractivity contribution in [3.8, 4) is 0 Å². The lowest BCUT2D eigenvalue weighted by Crippen LogP contribution is -2.31. The van der Waals surface area contributed by atoms with E-state index >= 15 is 0 Å². The van der Waals surface area contributed by atoms with Gasteiger partial charge in [-0.1, -0.05) is 18.2 Å². The highest BCUT2D eigenvalue weighted by molar-refractivity contribution is 8.00. The van der Waals surface area contributed by atoms with E-state index in [2.05, 4.69) is 10.2 Å². The quantitative estimate of drug-likeness (QED) is 0.729. The summed E-state index contributed by atoms with van der Waals surface area (Å²) in [5.41, 5.74) is 0. The van der Waals surface area contributed by atoms with Gasteiger partial charge in [0.25, 0.3) is 0 Å². The summed E-state index contributed by atoms with van der Waals surface area (Å²) in [6.45, 7) is 5.90. The third-order valence-corrected chi connectivity index (χ3v) is 5.25. The van der Waals surface area contributed by atoms with E-state index in [-0.39, 0.29) is 17.1 Å². The van der Waals surface area contributed by atoms with Gasteiger partial charge in [-0.05, 0) is 26.7 Å². The number of nitrogens with zero attached hydrogens (tertiary/aromatic N) is 5. The molecule has 2 heterocycles. The zero-order valence-corrected chi connectivity index (χ0v) is 15.8. The Hall–Kier alpha value is -1.57. The van der Waals surface area contributed by atoms with Crippen LogP contribution in [0.15, 0.2) is 5.16 Å². The summed E-state index contributed by atoms with van der Waals surface area (Å²) in [6, 6.07) is 0. The van der Waals surface area contributed by atoms with E-state index in [1.165, 1.54) is 11.8 Å². The minimum absolute atomic E-state index is 0.0508. The van der Waals surface area contributed by atoms with Crippen LogP contribution in [0.2, 0.25) is 0 Å². The summed E-state index contributed by atoms with van der Waals surface area (Å²) in [4.78, 5) is 27.7. The second-order valence-electron chi connectivity index (χ2n) is 6.26. The number of amides is 2. The minimum Gasteiger partial charge on any atom is -0.348 e. The third kappa shape index (κ3) is 4.49. The standard InChI is InChI=1S/C16H27N5O2S/c1-5-21-13(11-20-10-8-6-7-9-14(20)22)17-18-16(21)24-12(2)15(23)19(3)4/h12H,5-11H2,1-4H3/t12-/m0/s1. The van der Waals surface area contributed by atoms with Crippen molar-refractivity contribution in [2.75, 3.05) is 20.6 Å². The summed E-state index contributed by atoms with van der Waals surface area (Å²) >= 11 is 1.41. The molecule has 1 saturated heterocycles. The van der Waals surface area contributed by atoms with Gasteiger partial charge in [0.15, 0.2) is 11.0 Å². The first-order valence-electron chi connectivity index (χ1n) is 8.51.